The first-order valence-electron chi connectivity index (χ1n) is 7.50. The predicted octanol–water partition coefficient (Wildman–Crippen LogP) is 0.706. The maximum absolute atomic E-state index is 12.7. The van der Waals surface area contributed by atoms with E-state index in [1.165, 1.54) is 19.0 Å². The molecule has 0 unspecified atom stereocenters. The zero-order chi connectivity index (χ0) is 18.1. The fourth-order valence-corrected chi connectivity index (χ4v) is 4.02. The molecule has 24 heavy (non-hydrogen) atoms. The Balaban J connectivity index is 2.18. The summed E-state index contributed by atoms with van der Waals surface area (Å²) >= 11 is 5.97. The third kappa shape index (κ3) is 4.00. The van der Waals surface area contributed by atoms with Crippen molar-refractivity contribution >= 4 is 33.2 Å². The van der Waals surface area contributed by atoms with Gasteiger partial charge < -0.3 is 15.3 Å². The summed E-state index contributed by atoms with van der Waals surface area (Å²) in [5.41, 5.74) is 1.02. The van der Waals surface area contributed by atoms with Crippen LogP contribution < -0.4 is 5.32 Å². The molecule has 1 aromatic carbocycles. The number of likely N-dealkylation sites (tertiary alicyclic amines) is 1. The highest BCUT2D eigenvalue weighted by Gasteiger charge is 2.38. The molecule has 0 aromatic heterocycles. The Kier molecular flexibility index (Phi) is 5.74. The Bertz CT molecular complexity index is 723. The molecule has 1 fully saturated rings. The lowest BCUT2D eigenvalue weighted by molar-refractivity contribution is 0.0765. The number of carbonyl (C=O) groups is 1. The molecular weight excluding hydrogens is 354 g/mol. The summed E-state index contributed by atoms with van der Waals surface area (Å²) in [6.45, 7) is 0.283. The number of halogens is 1. The zero-order valence-corrected chi connectivity index (χ0v) is 15.4. The minimum Gasteiger partial charge on any atom is -0.391 e. The van der Waals surface area contributed by atoms with Crippen LogP contribution in [-0.2, 0) is 10.0 Å². The number of sulfonamides is 1. The molecule has 2 N–H and O–H groups in total. The molecule has 0 spiro atoms. The van der Waals surface area contributed by atoms with Gasteiger partial charge in [0.05, 0.1) is 17.4 Å². The minimum absolute atomic E-state index is 0.0993. The van der Waals surface area contributed by atoms with Gasteiger partial charge in [-0.05, 0) is 18.2 Å². The average molecular weight is 376 g/mol. The van der Waals surface area contributed by atoms with Crippen molar-refractivity contribution in [3.05, 3.63) is 28.8 Å². The molecule has 0 radical (unpaired) electrons. The van der Waals surface area contributed by atoms with Crippen molar-refractivity contribution in [1.29, 1.82) is 0 Å². The summed E-state index contributed by atoms with van der Waals surface area (Å²) in [5.74, 6) is -0.997. The van der Waals surface area contributed by atoms with Gasteiger partial charge in [-0.1, -0.05) is 11.6 Å². The van der Waals surface area contributed by atoms with Gasteiger partial charge >= 0.3 is 0 Å². The number of aliphatic hydroxyl groups is 1. The molecule has 1 aromatic rings. The lowest BCUT2D eigenvalue weighted by Gasteiger charge is -2.19. The van der Waals surface area contributed by atoms with Crippen LogP contribution in [-0.4, -0.2) is 74.7 Å². The quantitative estimate of drug-likeness (QED) is 0.791. The SMILES string of the molecule is CNc1ccc(Cl)cc1C(=O)N1C[C@@H](CS(=O)(=O)N(C)C)[C@H](O)C1. The predicted molar refractivity (Wildman–Crippen MR) is 93.9 cm³/mol. The summed E-state index contributed by atoms with van der Waals surface area (Å²) in [4.78, 5) is 14.2. The van der Waals surface area contributed by atoms with Crippen molar-refractivity contribution in [2.24, 2.45) is 5.92 Å². The zero-order valence-electron chi connectivity index (χ0n) is 13.9. The normalized spacial score (nSPS) is 21.3. The highest BCUT2D eigenvalue weighted by molar-refractivity contribution is 7.89. The Morgan fingerprint density at radius 3 is 2.67 bits per heavy atom. The second-order valence-corrected chi connectivity index (χ2v) is 8.70. The van der Waals surface area contributed by atoms with Crippen LogP contribution in [0.1, 0.15) is 10.4 Å². The second-order valence-electron chi connectivity index (χ2n) is 6.04. The van der Waals surface area contributed by atoms with Gasteiger partial charge in [-0.15, -0.1) is 0 Å². The molecule has 2 rings (SSSR count). The fourth-order valence-electron chi connectivity index (χ4n) is 2.69. The topological polar surface area (TPSA) is 90.0 Å². The van der Waals surface area contributed by atoms with E-state index in [0.29, 0.717) is 16.3 Å². The van der Waals surface area contributed by atoms with Crippen molar-refractivity contribution in [3.63, 3.8) is 0 Å². The van der Waals surface area contributed by atoms with Gasteiger partial charge in [-0.25, -0.2) is 12.7 Å². The number of nitrogens with zero attached hydrogens (tertiary/aromatic N) is 2. The number of amides is 1. The number of anilines is 1. The summed E-state index contributed by atoms with van der Waals surface area (Å²) in [5, 5.41) is 13.5. The molecule has 1 heterocycles. The molecule has 0 aliphatic carbocycles. The average Bonchev–Trinajstić information content (AvgIpc) is 2.86. The van der Waals surface area contributed by atoms with Crippen LogP contribution in [0.4, 0.5) is 5.69 Å². The molecule has 134 valence electrons. The third-order valence-corrected chi connectivity index (χ3v) is 6.35. The standard InChI is InChI=1S/C15H22ClN3O4S/c1-17-13-5-4-11(16)6-12(13)15(21)19-7-10(14(20)8-19)9-24(22,23)18(2)3/h4-6,10,14,17,20H,7-9H2,1-3H3/t10-,14+/m0/s1. The van der Waals surface area contributed by atoms with Crippen LogP contribution in [0.15, 0.2) is 18.2 Å². The lowest BCUT2D eigenvalue weighted by Crippen LogP contribution is -2.33. The Morgan fingerprint density at radius 2 is 2.08 bits per heavy atom. The highest BCUT2D eigenvalue weighted by atomic mass is 35.5. The summed E-state index contributed by atoms with van der Waals surface area (Å²) in [6.07, 6.45) is -0.874. The van der Waals surface area contributed by atoms with Crippen molar-refractivity contribution in [2.45, 2.75) is 6.10 Å². The summed E-state index contributed by atoms with van der Waals surface area (Å²) < 4.78 is 25.1. The molecule has 0 saturated carbocycles. The van der Waals surface area contributed by atoms with Gasteiger partial charge in [0.2, 0.25) is 10.0 Å². The number of rotatable bonds is 5. The second kappa shape index (κ2) is 7.26. The third-order valence-electron chi connectivity index (χ3n) is 4.16. The van der Waals surface area contributed by atoms with E-state index in [0.717, 1.165) is 4.31 Å². The molecule has 7 nitrogen and oxygen atoms in total. The number of carbonyl (C=O) groups excluding carboxylic acids is 1. The Hall–Kier alpha value is -1.35. The fraction of sp³-hybridized carbons (Fsp3) is 0.533. The van der Waals surface area contributed by atoms with Crippen LogP contribution in [0.25, 0.3) is 0 Å². The van der Waals surface area contributed by atoms with E-state index in [4.69, 9.17) is 11.6 Å². The molecular formula is C15H22ClN3O4S. The van der Waals surface area contributed by atoms with Crippen LogP contribution in [0.2, 0.25) is 5.02 Å². The molecule has 1 amide bonds. The molecule has 1 aliphatic heterocycles. The van der Waals surface area contributed by atoms with Crippen LogP contribution in [0.3, 0.4) is 0 Å². The monoisotopic (exact) mass is 375 g/mol. The summed E-state index contributed by atoms with van der Waals surface area (Å²) in [6, 6.07) is 4.94. The van der Waals surface area contributed by atoms with Crippen LogP contribution >= 0.6 is 11.6 Å². The van der Waals surface area contributed by atoms with E-state index in [-0.39, 0.29) is 24.7 Å². The van der Waals surface area contributed by atoms with E-state index >= 15 is 0 Å². The molecule has 1 aliphatic rings. The molecule has 9 heteroatoms. The van der Waals surface area contributed by atoms with Gasteiger partial charge in [0, 0.05) is 50.9 Å². The van der Waals surface area contributed by atoms with E-state index in [9.17, 15) is 18.3 Å². The number of nitrogens with one attached hydrogen (secondary N) is 1. The summed E-state index contributed by atoms with van der Waals surface area (Å²) in [7, 11) is 1.15. The number of hydrogen-bond acceptors (Lipinski definition) is 5. The van der Waals surface area contributed by atoms with Gasteiger partial charge in [0.1, 0.15) is 0 Å². The Morgan fingerprint density at radius 1 is 1.42 bits per heavy atom. The maximum Gasteiger partial charge on any atom is 0.256 e. The van der Waals surface area contributed by atoms with E-state index in [1.54, 1.807) is 25.2 Å². The molecule has 0 bridgehead atoms. The number of hydrogen-bond donors (Lipinski definition) is 2. The first kappa shape index (κ1) is 19.0. The highest BCUT2D eigenvalue weighted by Crippen LogP contribution is 2.26. The lowest BCUT2D eigenvalue weighted by atomic mass is 10.1. The minimum atomic E-state index is -3.45. The Labute approximate surface area is 147 Å². The largest absolute Gasteiger partial charge is 0.391 e. The number of benzene rings is 1. The van der Waals surface area contributed by atoms with Gasteiger partial charge in [0.15, 0.2) is 0 Å². The number of aliphatic hydroxyl groups excluding tert-OH is 1. The van der Waals surface area contributed by atoms with Crippen molar-refractivity contribution in [1.82, 2.24) is 9.21 Å². The van der Waals surface area contributed by atoms with E-state index < -0.39 is 22.0 Å². The van der Waals surface area contributed by atoms with Gasteiger partial charge in [-0.3, -0.25) is 4.79 Å². The van der Waals surface area contributed by atoms with E-state index in [2.05, 4.69) is 5.32 Å². The van der Waals surface area contributed by atoms with E-state index in [1.807, 2.05) is 0 Å². The smallest absolute Gasteiger partial charge is 0.256 e. The van der Waals surface area contributed by atoms with Crippen LogP contribution in [0, 0.1) is 5.92 Å². The number of β-amino-alcohol motifs (C(OH)–C–C–N with tert-alkyl or cyclic N) is 1. The maximum atomic E-state index is 12.7. The van der Waals surface area contributed by atoms with Crippen LogP contribution in [0.5, 0.6) is 0 Å². The van der Waals surface area contributed by atoms with Crippen molar-refractivity contribution in [3.8, 4) is 0 Å². The van der Waals surface area contributed by atoms with Gasteiger partial charge in [0.25, 0.3) is 5.91 Å². The first-order chi connectivity index (χ1) is 11.2. The van der Waals surface area contributed by atoms with Gasteiger partial charge in [-0.2, -0.15) is 0 Å². The molecule has 2 atom stereocenters. The first-order valence-corrected chi connectivity index (χ1v) is 9.49. The van der Waals surface area contributed by atoms with Crippen molar-refractivity contribution < 1.29 is 18.3 Å². The molecule has 1 saturated heterocycles. The van der Waals surface area contributed by atoms with Crippen molar-refractivity contribution in [2.75, 3.05) is 45.3 Å².